The first kappa shape index (κ1) is 8.28. The Labute approximate surface area is 70.8 Å². The topological polar surface area (TPSA) is 0 Å². The second-order valence-corrected chi connectivity index (χ2v) is 4.79. The van der Waals surface area contributed by atoms with E-state index >= 15 is 0 Å². The maximum Gasteiger partial charge on any atom is 0.0776 e. The highest BCUT2D eigenvalue weighted by molar-refractivity contribution is 6.58. The van der Waals surface area contributed by atoms with Crippen LogP contribution < -0.4 is 5.19 Å². The average molecular weight is 162 g/mol. The van der Waals surface area contributed by atoms with Crippen molar-refractivity contribution >= 4 is 14.7 Å². The molecule has 0 radical (unpaired) electrons. The van der Waals surface area contributed by atoms with Gasteiger partial charge in [-0.05, 0) is 13.8 Å². The minimum Gasteiger partial charge on any atom is -0.107 e. The van der Waals surface area contributed by atoms with E-state index in [9.17, 15) is 0 Å². The normalized spacial score (nSPS) is 10.7. The molecule has 0 amide bonds. The second kappa shape index (κ2) is 3.53. The van der Waals surface area contributed by atoms with Gasteiger partial charge in [0.2, 0.25) is 0 Å². The molecule has 0 unspecified atom stereocenters. The predicted molar refractivity (Wildman–Crippen MR) is 54.3 cm³/mol. The Morgan fingerprint density at radius 2 is 1.73 bits per heavy atom. The fraction of sp³-hybridized carbons (Fsp3) is 0.200. The van der Waals surface area contributed by atoms with Gasteiger partial charge in [-0.2, -0.15) is 0 Å². The molecule has 0 saturated carbocycles. The molecule has 0 atom stereocenters. The summed E-state index contributed by atoms with van der Waals surface area (Å²) in [5.74, 6) is 0. The van der Waals surface area contributed by atoms with E-state index in [-0.39, 0.29) is 9.52 Å². The van der Waals surface area contributed by atoms with E-state index in [0.717, 1.165) is 0 Å². The Balaban J connectivity index is 2.98. The number of aryl methyl sites for hydroxylation is 2. The molecule has 0 spiro atoms. The molecule has 1 aromatic rings. The largest absolute Gasteiger partial charge is 0.107 e. The zero-order valence-corrected chi connectivity index (χ0v) is 8.64. The summed E-state index contributed by atoms with van der Waals surface area (Å²) in [7, 11) is -0.180. The third-order valence-corrected chi connectivity index (χ3v) is 2.83. The molecule has 0 heterocycles. The van der Waals surface area contributed by atoms with Crippen LogP contribution in [0.15, 0.2) is 30.5 Å². The Kier molecular flexibility index (Phi) is 2.66. The minimum atomic E-state index is -0.180. The summed E-state index contributed by atoms with van der Waals surface area (Å²) in [5, 5.41) is 1.50. The molecule has 1 rings (SSSR count). The standard InChI is InChI=1S/C10H14Si/c1-4-11-10-6-8(2)5-9(3)7-10/h4-7H,1,11H2,2-3H3. The molecule has 0 N–H and O–H groups in total. The van der Waals surface area contributed by atoms with Crippen molar-refractivity contribution in [3.63, 3.8) is 0 Å². The lowest BCUT2D eigenvalue weighted by Gasteiger charge is -2.00. The van der Waals surface area contributed by atoms with Crippen molar-refractivity contribution in [3.05, 3.63) is 41.6 Å². The molecule has 0 saturated heterocycles. The van der Waals surface area contributed by atoms with Crippen LogP contribution in [-0.2, 0) is 0 Å². The SMILES string of the molecule is C=C[SiH2]c1cc(C)cc(C)c1. The summed E-state index contributed by atoms with van der Waals surface area (Å²) in [6, 6.07) is 6.74. The number of rotatable bonds is 2. The fourth-order valence-electron chi connectivity index (χ4n) is 1.35. The van der Waals surface area contributed by atoms with E-state index < -0.39 is 0 Å². The van der Waals surface area contributed by atoms with Gasteiger partial charge in [-0.3, -0.25) is 0 Å². The summed E-state index contributed by atoms with van der Waals surface area (Å²) in [6.45, 7) is 8.07. The average Bonchev–Trinajstić information content (AvgIpc) is 1.85. The molecule has 0 fully saturated rings. The maximum atomic E-state index is 3.78. The molecule has 0 aliphatic carbocycles. The minimum absolute atomic E-state index is 0.180. The summed E-state index contributed by atoms with van der Waals surface area (Å²) >= 11 is 0. The van der Waals surface area contributed by atoms with Crippen LogP contribution >= 0.6 is 0 Å². The van der Waals surface area contributed by atoms with E-state index in [4.69, 9.17) is 0 Å². The molecule has 0 aromatic heterocycles. The van der Waals surface area contributed by atoms with Crippen LogP contribution in [-0.4, -0.2) is 9.52 Å². The summed E-state index contributed by atoms with van der Waals surface area (Å²) in [6.07, 6.45) is 0. The zero-order chi connectivity index (χ0) is 8.27. The third kappa shape index (κ3) is 2.35. The van der Waals surface area contributed by atoms with Crippen LogP contribution in [0.2, 0.25) is 0 Å². The zero-order valence-electron chi connectivity index (χ0n) is 7.22. The highest BCUT2D eigenvalue weighted by atomic mass is 28.2. The van der Waals surface area contributed by atoms with Crippen LogP contribution in [0.3, 0.4) is 0 Å². The molecule has 1 heteroatoms. The second-order valence-electron chi connectivity index (χ2n) is 2.99. The van der Waals surface area contributed by atoms with Gasteiger partial charge in [0, 0.05) is 0 Å². The van der Waals surface area contributed by atoms with Crippen molar-refractivity contribution in [2.75, 3.05) is 0 Å². The van der Waals surface area contributed by atoms with Crippen molar-refractivity contribution < 1.29 is 0 Å². The molecular formula is C10H14Si. The van der Waals surface area contributed by atoms with Gasteiger partial charge in [0.1, 0.15) is 0 Å². The van der Waals surface area contributed by atoms with Crippen LogP contribution in [0.1, 0.15) is 11.1 Å². The van der Waals surface area contributed by atoms with Crippen molar-refractivity contribution in [1.82, 2.24) is 0 Å². The van der Waals surface area contributed by atoms with Gasteiger partial charge in [0.25, 0.3) is 0 Å². The number of hydrogen-bond acceptors (Lipinski definition) is 0. The summed E-state index contributed by atoms with van der Waals surface area (Å²) in [5.41, 5.74) is 4.82. The highest BCUT2D eigenvalue weighted by Crippen LogP contribution is 1.99. The Bertz CT molecular complexity index is 243. The van der Waals surface area contributed by atoms with E-state index in [1.165, 1.54) is 16.3 Å². The highest BCUT2D eigenvalue weighted by Gasteiger charge is 1.92. The Hall–Kier alpha value is -0.823. The van der Waals surface area contributed by atoms with Crippen molar-refractivity contribution in [3.8, 4) is 0 Å². The monoisotopic (exact) mass is 162 g/mol. The van der Waals surface area contributed by atoms with Crippen molar-refractivity contribution in [2.24, 2.45) is 0 Å². The van der Waals surface area contributed by atoms with Crippen molar-refractivity contribution in [2.45, 2.75) is 13.8 Å². The van der Waals surface area contributed by atoms with Crippen molar-refractivity contribution in [1.29, 1.82) is 0 Å². The maximum absolute atomic E-state index is 3.78. The predicted octanol–water partition coefficient (Wildman–Crippen LogP) is 1.24. The fourth-order valence-corrected chi connectivity index (χ4v) is 2.57. The van der Waals surface area contributed by atoms with Gasteiger partial charge >= 0.3 is 0 Å². The Morgan fingerprint density at radius 1 is 1.18 bits per heavy atom. The van der Waals surface area contributed by atoms with Gasteiger partial charge < -0.3 is 0 Å². The summed E-state index contributed by atoms with van der Waals surface area (Å²) < 4.78 is 0. The van der Waals surface area contributed by atoms with Gasteiger partial charge in [-0.1, -0.05) is 34.5 Å². The molecule has 11 heavy (non-hydrogen) atoms. The van der Waals surface area contributed by atoms with Gasteiger partial charge in [0.15, 0.2) is 0 Å². The van der Waals surface area contributed by atoms with Gasteiger partial charge in [0.05, 0.1) is 9.52 Å². The lowest BCUT2D eigenvalue weighted by atomic mass is 10.2. The third-order valence-electron chi connectivity index (χ3n) is 1.66. The lowest BCUT2D eigenvalue weighted by molar-refractivity contribution is 1.40. The van der Waals surface area contributed by atoms with E-state index in [0.29, 0.717) is 0 Å². The lowest BCUT2D eigenvalue weighted by Crippen LogP contribution is -2.12. The number of hydrogen-bond donors (Lipinski definition) is 0. The van der Waals surface area contributed by atoms with Crippen LogP contribution in [0.4, 0.5) is 0 Å². The van der Waals surface area contributed by atoms with Gasteiger partial charge in [-0.15, -0.1) is 12.3 Å². The molecule has 1 aromatic carbocycles. The summed E-state index contributed by atoms with van der Waals surface area (Å²) in [4.78, 5) is 0. The van der Waals surface area contributed by atoms with E-state index in [2.05, 4.69) is 44.3 Å². The Morgan fingerprint density at radius 3 is 2.18 bits per heavy atom. The number of benzene rings is 1. The van der Waals surface area contributed by atoms with Crippen LogP contribution in [0, 0.1) is 13.8 Å². The van der Waals surface area contributed by atoms with Crippen LogP contribution in [0.25, 0.3) is 0 Å². The first-order valence-corrected chi connectivity index (χ1v) is 5.43. The first-order chi connectivity index (χ1) is 5.22. The molecule has 0 aliphatic heterocycles. The molecule has 0 nitrogen and oxygen atoms in total. The smallest absolute Gasteiger partial charge is 0.0776 e. The van der Waals surface area contributed by atoms with E-state index in [1.54, 1.807) is 0 Å². The first-order valence-electron chi connectivity index (χ1n) is 3.90. The molecule has 58 valence electrons. The molecule has 0 bridgehead atoms. The molecule has 0 aliphatic rings. The quantitative estimate of drug-likeness (QED) is 0.574. The van der Waals surface area contributed by atoms with E-state index in [1.807, 2.05) is 0 Å². The van der Waals surface area contributed by atoms with Crippen LogP contribution in [0.5, 0.6) is 0 Å². The van der Waals surface area contributed by atoms with Gasteiger partial charge in [-0.25, -0.2) is 0 Å². The molecular weight excluding hydrogens is 148 g/mol.